The molecule has 0 saturated carbocycles. The van der Waals surface area contributed by atoms with Gasteiger partial charge < -0.3 is 9.64 Å². The molecule has 0 atom stereocenters. The van der Waals surface area contributed by atoms with Crippen LogP contribution in [0, 0.1) is 0 Å². The molecule has 124 valence electrons. The Bertz CT molecular complexity index is 849. The second kappa shape index (κ2) is 7.35. The van der Waals surface area contributed by atoms with Gasteiger partial charge in [0.1, 0.15) is 5.75 Å². The molecule has 7 heteroatoms. The summed E-state index contributed by atoms with van der Waals surface area (Å²) < 4.78 is 7.20. The van der Waals surface area contributed by atoms with Gasteiger partial charge >= 0.3 is 0 Å². The summed E-state index contributed by atoms with van der Waals surface area (Å²) in [6, 6.07) is 13.4. The molecule has 0 radical (unpaired) electrons. The van der Waals surface area contributed by atoms with E-state index in [0.717, 1.165) is 17.0 Å². The van der Waals surface area contributed by atoms with Crippen LogP contribution in [-0.4, -0.2) is 45.3 Å². The normalized spacial score (nSPS) is 10.8. The van der Waals surface area contributed by atoms with Crippen molar-refractivity contribution >= 4 is 23.3 Å². The molecular weight excluding hydrogens is 324 g/mol. The van der Waals surface area contributed by atoms with Crippen LogP contribution in [0.15, 0.2) is 53.8 Å². The molecule has 0 unspecified atom stereocenters. The number of ether oxygens (including phenoxy) is 1. The first-order valence-corrected chi connectivity index (χ1v) is 8.46. The summed E-state index contributed by atoms with van der Waals surface area (Å²) in [5.41, 5.74) is 1.75. The Kier molecular flexibility index (Phi) is 5.00. The quantitative estimate of drug-likeness (QED) is 0.644. The fourth-order valence-electron chi connectivity index (χ4n) is 2.33. The van der Waals surface area contributed by atoms with Gasteiger partial charge in [-0.1, -0.05) is 36.0 Å². The van der Waals surface area contributed by atoms with Crippen LogP contribution in [-0.2, 0) is 11.3 Å². The van der Waals surface area contributed by atoms with Gasteiger partial charge in [-0.15, -0.1) is 10.2 Å². The van der Waals surface area contributed by atoms with Gasteiger partial charge in [0.05, 0.1) is 12.9 Å². The highest BCUT2D eigenvalue weighted by Crippen LogP contribution is 2.20. The Hall–Kier alpha value is -2.54. The van der Waals surface area contributed by atoms with Gasteiger partial charge in [0.15, 0.2) is 10.8 Å². The molecule has 6 nitrogen and oxygen atoms in total. The van der Waals surface area contributed by atoms with Gasteiger partial charge in [-0.25, -0.2) is 0 Å². The van der Waals surface area contributed by atoms with Crippen molar-refractivity contribution in [1.82, 2.24) is 19.5 Å². The molecule has 0 aliphatic carbocycles. The van der Waals surface area contributed by atoms with E-state index in [4.69, 9.17) is 4.74 Å². The minimum Gasteiger partial charge on any atom is -0.496 e. The maximum absolute atomic E-state index is 12.4. The molecule has 0 saturated heterocycles. The minimum absolute atomic E-state index is 0.0265. The van der Waals surface area contributed by atoms with Gasteiger partial charge in [-0.05, 0) is 18.2 Å². The topological polar surface area (TPSA) is 59.7 Å². The lowest BCUT2D eigenvalue weighted by Crippen LogP contribution is -2.28. The Balaban J connectivity index is 1.62. The highest BCUT2D eigenvalue weighted by molar-refractivity contribution is 7.99. The lowest BCUT2D eigenvalue weighted by Gasteiger charge is -2.18. The third-order valence-electron chi connectivity index (χ3n) is 3.63. The van der Waals surface area contributed by atoms with Crippen LogP contribution in [0.3, 0.4) is 0 Å². The Morgan fingerprint density at radius 2 is 2.00 bits per heavy atom. The molecule has 1 aromatic carbocycles. The molecule has 2 aromatic heterocycles. The van der Waals surface area contributed by atoms with Gasteiger partial charge in [0.25, 0.3) is 0 Å². The third-order valence-corrected chi connectivity index (χ3v) is 4.56. The minimum atomic E-state index is 0.0265. The summed E-state index contributed by atoms with van der Waals surface area (Å²) in [4.78, 5) is 14.1. The number of hydrogen-bond donors (Lipinski definition) is 0. The number of para-hydroxylation sites is 1. The summed E-state index contributed by atoms with van der Waals surface area (Å²) in [7, 11) is 3.42. The lowest BCUT2D eigenvalue weighted by atomic mass is 10.2. The van der Waals surface area contributed by atoms with E-state index in [1.165, 1.54) is 11.8 Å². The average Bonchev–Trinajstić information content (AvgIpc) is 3.03. The number of carbonyl (C=O) groups is 1. The van der Waals surface area contributed by atoms with Gasteiger partial charge in [0.2, 0.25) is 5.91 Å². The van der Waals surface area contributed by atoms with Crippen LogP contribution < -0.4 is 4.74 Å². The monoisotopic (exact) mass is 342 g/mol. The summed E-state index contributed by atoms with van der Waals surface area (Å²) in [6.45, 7) is 0.504. The van der Waals surface area contributed by atoms with Crippen molar-refractivity contribution in [1.29, 1.82) is 0 Å². The first kappa shape index (κ1) is 16.3. The van der Waals surface area contributed by atoms with Crippen molar-refractivity contribution < 1.29 is 9.53 Å². The largest absolute Gasteiger partial charge is 0.496 e. The Morgan fingerprint density at radius 1 is 1.21 bits per heavy atom. The van der Waals surface area contributed by atoms with Crippen LogP contribution in [0.5, 0.6) is 5.75 Å². The molecule has 0 fully saturated rings. The van der Waals surface area contributed by atoms with E-state index >= 15 is 0 Å². The average molecular weight is 342 g/mol. The molecule has 0 bridgehead atoms. The van der Waals surface area contributed by atoms with Gasteiger partial charge in [-0.2, -0.15) is 0 Å². The Labute approximate surface area is 144 Å². The SMILES string of the molecule is COc1ccccc1CN(C)C(=O)CSc1nnc2ccccn12. The van der Waals surface area contributed by atoms with Crippen LogP contribution in [0.2, 0.25) is 0 Å². The van der Waals surface area contributed by atoms with Crippen molar-refractivity contribution in [3.05, 3.63) is 54.2 Å². The number of benzene rings is 1. The summed E-state index contributed by atoms with van der Waals surface area (Å²) in [6.07, 6.45) is 1.89. The second-order valence-corrected chi connectivity index (χ2v) is 6.20. The molecular formula is C17H18N4O2S. The Morgan fingerprint density at radius 3 is 2.83 bits per heavy atom. The molecule has 24 heavy (non-hydrogen) atoms. The second-order valence-electron chi connectivity index (χ2n) is 5.26. The molecule has 0 N–H and O–H groups in total. The molecule has 2 heterocycles. The summed E-state index contributed by atoms with van der Waals surface area (Å²) >= 11 is 1.38. The van der Waals surface area contributed by atoms with Crippen LogP contribution >= 0.6 is 11.8 Å². The van der Waals surface area contributed by atoms with E-state index in [1.54, 1.807) is 19.1 Å². The highest BCUT2D eigenvalue weighted by Gasteiger charge is 2.14. The van der Waals surface area contributed by atoms with Gasteiger partial charge in [0, 0.05) is 25.4 Å². The number of thioether (sulfide) groups is 1. The molecule has 0 spiro atoms. The summed E-state index contributed by atoms with van der Waals surface area (Å²) in [5.74, 6) is 1.12. The van der Waals surface area contributed by atoms with Crippen LogP contribution in [0.25, 0.3) is 5.65 Å². The van der Waals surface area contributed by atoms with E-state index in [-0.39, 0.29) is 5.91 Å². The van der Waals surface area contributed by atoms with E-state index in [2.05, 4.69) is 10.2 Å². The van der Waals surface area contributed by atoms with Crippen LogP contribution in [0.1, 0.15) is 5.56 Å². The predicted molar refractivity (Wildman–Crippen MR) is 93.2 cm³/mol. The zero-order valence-electron chi connectivity index (χ0n) is 13.5. The number of hydrogen-bond acceptors (Lipinski definition) is 5. The van der Waals surface area contributed by atoms with E-state index in [9.17, 15) is 4.79 Å². The fourth-order valence-corrected chi connectivity index (χ4v) is 3.20. The van der Waals surface area contributed by atoms with E-state index in [0.29, 0.717) is 17.5 Å². The lowest BCUT2D eigenvalue weighted by molar-refractivity contribution is -0.127. The third kappa shape index (κ3) is 3.51. The number of carbonyl (C=O) groups excluding carboxylic acids is 1. The fraction of sp³-hybridized carbons (Fsp3) is 0.235. The molecule has 0 aliphatic heterocycles. The van der Waals surface area contributed by atoms with Crippen molar-refractivity contribution in [2.24, 2.45) is 0 Å². The number of nitrogens with zero attached hydrogens (tertiary/aromatic N) is 4. The van der Waals surface area contributed by atoms with Gasteiger partial charge in [-0.3, -0.25) is 9.20 Å². The highest BCUT2D eigenvalue weighted by atomic mass is 32.2. The zero-order chi connectivity index (χ0) is 16.9. The molecule has 3 rings (SSSR count). The number of aromatic nitrogens is 3. The smallest absolute Gasteiger partial charge is 0.233 e. The number of rotatable bonds is 6. The zero-order valence-corrected chi connectivity index (χ0v) is 14.4. The molecule has 1 amide bonds. The number of amides is 1. The van der Waals surface area contributed by atoms with Crippen molar-refractivity contribution in [2.45, 2.75) is 11.7 Å². The first-order valence-electron chi connectivity index (χ1n) is 7.47. The van der Waals surface area contributed by atoms with Crippen molar-refractivity contribution in [2.75, 3.05) is 19.9 Å². The van der Waals surface area contributed by atoms with E-state index in [1.807, 2.05) is 53.1 Å². The van der Waals surface area contributed by atoms with E-state index < -0.39 is 0 Å². The number of methoxy groups -OCH3 is 1. The molecule has 3 aromatic rings. The predicted octanol–water partition coefficient (Wildman–Crippen LogP) is 2.49. The van der Waals surface area contributed by atoms with Crippen LogP contribution in [0.4, 0.5) is 0 Å². The van der Waals surface area contributed by atoms with Crippen molar-refractivity contribution in [3.8, 4) is 5.75 Å². The molecule has 0 aliphatic rings. The van der Waals surface area contributed by atoms with Crippen molar-refractivity contribution in [3.63, 3.8) is 0 Å². The maximum Gasteiger partial charge on any atom is 0.233 e. The number of pyridine rings is 1. The maximum atomic E-state index is 12.4. The standard InChI is InChI=1S/C17H18N4O2S/c1-20(11-13-7-3-4-8-14(13)23-2)16(22)12-24-17-19-18-15-9-5-6-10-21(15)17/h3-10H,11-12H2,1-2H3. The summed E-state index contributed by atoms with van der Waals surface area (Å²) in [5, 5.41) is 8.92. The number of fused-ring (bicyclic) bond motifs is 1. The first-order chi connectivity index (χ1) is 11.7.